The zero-order valence-electron chi connectivity index (χ0n) is 13.4. The Labute approximate surface area is 123 Å². The minimum Gasteiger partial charge on any atom is -0.444 e. The zero-order chi connectivity index (χ0) is 15.2. The van der Waals surface area contributed by atoms with Crippen molar-refractivity contribution in [1.29, 1.82) is 0 Å². The molecule has 1 aliphatic heterocycles. The molecule has 0 saturated carbocycles. The van der Waals surface area contributed by atoms with E-state index in [1.165, 1.54) is 0 Å². The van der Waals surface area contributed by atoms with Crippen molar-refractivity contribution in [3.8, 4) is 0 Å². The van der Waals surface area contributed by atoms with Gasteiger partial charge in [0.2, 0.25) is 0 Å². The number of rotatable bonds is 5. The summed E-state index contributed by atoms with van der Waals surface area (Å²) >= 11 is 0. The van der Waals surface area contributed by atoms with Gasteiger partial charge in [-0.2, -0.15) is 0 Å². The van der Waals surface area contributed by atoms with Crippen LogP contribution in [0.4, 0.5) is 4.79 Å². The Hall–Kier alpha value is -1.03. The van der Waals surface area contributed by atoms with E-state index >= 15 is 0 Å². The predicted octanol–water partition coefficient (Wildman–Crippen LogP) is 3.33. The fraction of sp³-hybridized carbons (Fsp3) is 0.812. The van der Waals surface area contributed by atoms with E-state index in [1.54, 1.807) is 0 Å². The quantitative estimate of drug-likeness (QED) is 0.786. The van der Waals surface area contributed by atoms with E-state index in [1.807, 2.05) is 31.7 Å². The van der Waals surface area contributed by atoms with Crippen LogP contribution in [0.3, 0.4) is 0 Å². The minimum atomic E-state index is -0.422. The normalized spacial score (nSPS) is 21.4. The van der Waals surface area contributed by atoms with Crippen molar-refractivity contribution in [3.05, 3.63) is 12.7 Å². The second-order valence-corrected chi connectivity index (χ2v) is 6.70. The van der Waals surface area contributed by atoms with E-state index in [4.69, 9.17) is 4.74 Å². The molecule has 0 aromatic rings. The number of carbonyl (C=O) groups excluding carboxylic acids is 1. The molecular weight excluding hydrogens is 252 g/mol. The van der Waals surface area contributed by atoms with Gasteiger partial charge < -0.3 is 15.0 Å². The summed E-state index contributed by atoms with van der Waals surface area (Å²) in [7, 11) is 0. The molecule has 0 aromatic carbocycles. The summed E-state index contributed by atoms with van der Waals surface area (Å²) in [6, 6.07) is 0.827. The van der Waals surface area contributed by atoms with Gasteiger partial charge in [0.15, 0.2) is 0 Å². The highest BCUT2D eigenvalue weighted by molar-refractivity contribution is 5.68. The highest BCUT2D eigenvalue weighted by Gasteiger charge is 2.27. The summed E-state index contributed by atoms with van der Waals surface area (Å²) in [4.78, 5) is 13.9. The van der Waals surface area contributed by atoms with Gasteiger partial charge in [-0.1, -0.05) is 6.08 Å². The lowest BCUT2D eigenvalue weighted by atomic mass is 10.0. The van der Waals surface area contributed by atoms with Crippen LogP contribution in [0.1, 0.15) is 53.4 Å². The van der Waals surface area contributed by atoms with Gasteiger partial charge in [0, 0.05) is 25.2 Å². The highest BCUT2D eigenvalue weighted by Crippen LogP contribution is 2.16. The summed E-state index contributed by atoms with van der Waals surface area (Å²) in [5.74, 6) is 0. The molecule has 1 saturated heterocycles. The molecule has 0 aliphatic carbocycles. The second kappa shape index (κ2) is 7.67. The Balaban J connectivity index is 2.42. The summed E-state index contributed by atoms with van der Waals surface area (Å²) in [5, 5.41) is 3.60. The number of likely N-dealkylation sites (tertiary alicyclic amines) is 1. The molecule has 0 aromatic heterocycles. The van der Waals surface area contributed by atoms with E-state index in [-0.39, 0.29) is 6.09 Å². The number of ether oxygens (including phenoxy) is 1. The number of amides is 1. The van der Waals surface area contributed by atoms with E-state index in [2.05, 4.69) is 18.8 Å². The lowest BCUT2D eigenvalue weighted by molar-refractivity contribution is 0.0183. The molecule has 4 nitrogen and oxygen atoms in total. The third-order valence-corrected chi connectivity index (χ3v) is 3.40. The Morgan fingerprint density at radius 3 is 2.85 bits per heavy atom. The first-order valence-corrected chi connectivity index (χ1v) is 7.66. The van der Waals surface area contributed by atoms with Gasteiger partial charge in [0.25, 0.3) is 0 Å². The number of hydrogen-bond acceptors (Lipinski definition) is 3. The van der Waals surface area contributed by atoms with Gasteiger partial charge in [-0.25, -0.2) is 4.79 Å². The SMILES string of the molecule is C=CCCC(C)NC1CCCN(C(=O)OC(C)(C)C)C1. The number of nitrogens with one attached hydrogen (secondary N) is 1. The summed E-state index contributed by atoms with van der Waals surface area (Å²) in [5.41, 5.74) is -0.422. The monoisotopic (exact) mass is 282 g/mol. The van der Waals surface area contributed by atoms with Crippen LogP contribution in [0, 0.1) is 0 Å². The van der Waals surface area contributed by atoms with Crippen LogP contribution in [-0.2, 0) is 4.74 Å². The second-order valence-electron chi connectivity index (χ2n) is 6.70. The molecule has 1 amide bonds. The van der Waals surface area contributed by atoms with Crippen LogP contribution in [-0.4, -0.2) is 41.8 Å². The van der Waals surface area contributed by atoms with Crippen molar-refractivity contribution in [2.24, 2.45) is 0 Å². The van der Waals surface area contributed by atoms with Gasteiger partial charge in [-0.05, 0) is 53.4 Å². The molecule has 1 N–H and O–H groups in total. The van der Waals surface area contributed by atoms with Gasteiger partial charge in [0.05, 0.1) is 0 Å². The number of piperidine rings is 1. The molecule has 2 atom stereocenters. The first kappa shape index (κ1) is 17.0. The highest BCUT2D eigenvalue weighted by atomic mass is 16.6. The summed E-state index contributed by atoms with van der Waals surface area (Å²) in [6.45, 7) is 13.2. The van der Waals surface area contributed by atoms with Crippen LogP contribution >= 0.6 is 0 Å². The first-order valence-electron chi connectivity index (χ1n) is 7.66. The van der Waals surface area contributed by atoms with Crippen molar-refractivity contribution in [2.45, 2.75) is 71.1 Å². The number of allylic oxidation sites excluding steroid dienone is 1. The van der Waals surface area contributed by atoms with Crippen LogP contribution in [0.25, 0.3) is 0 Å². The number of carbonyl (C=O) groups is 1. The van der Waals surface area contributed by atoms with E-state index < -0.39 is 5.60 Å². The molecular formula is C16H30N2O2. The third-order valence-electron chi connectivity index (χ3n) is 3.40. The number of nitrogens with zero attached hydrogens (tertiary/aromatic N) is 1. The Morgan fingerprint density at radius 1 is 1.55 bits per heavy atom. The molecule has 4 heteroatoms. The molecule has 1 fully saturated rings. The van der Waals surface area contributed by atoms with Crippen molar-refractivity contribution in [2.75, 3.05) is 13.1 Å². The van der Waals surface area contributed by atoms with Gasteiger partial charge >= 0.3 is 6.09 Å². The first-order chi connectivity index (χ1) is 9.31. The average Bonchev–Trinajstić information content (AvgIpc) is 2.34. The zero-order valence-corrected chi connectivity index (χ0v) is 13.4. The maximum absolute atomic E-state index is 12.1. The fourth-order valence-electron chi connectivity index (χ4n) is 2.46. The molecule has 0 spiro atoms. The van der Waals surface area contributed by atoms with Crippen molar-refractivity contribution >= 4 is 6.09 Å². The lowest BCUT2D eigenvalue weighted by Gasteiger charge is -2.35. The van der Waals surface area contributed by atoms with Crippen molar-refractivity contribution < 1.29 is 9.53 Å². The van der Waals surface area contributed by atoms with Crippen LogP contribution in [0.5, 0.6) is 0 Å². The lowest BCUT2D eigenvalue weighted by Crippen LogP contribution is -2.51. The fourth-order valence-corrected chi connectivity index (χ4v) is 2.46. The Bertz CT molecular complexity index is 323. The largest absolute Gasteiger partial charge is 0.444 e. The smallest absolute Gasteiger partial charge is 0.410 e. The van der Waals surface area contributed by atoms with Gasteiger partial charge in [-0.3, -0.25) is 0 Å². The molecule has 1 aliphatic rings. The molecule has 2 unspecified atom stereocenters. The molecule has 0 radical (unpaired) electrons. The summed E-state index contributed by atoms with van der Waals surface area (Å²) < 4.78 is 5.44. The Kier molecular flexibility index (Phi) is 6.53. The van der Waals surface area contributed by atoms with E-state index in [9.17, 15) is 4.79 Å². The van der Waals surface area contributed by atoms with Crippen molar-refractivity contribution in [3.63, 3.8) is 0 Å². The predicted molar refractivity (Wildman–Crippen MR) is 82.9 cm³/mol. The number of hydrogen-bond donors (Lipinski definition) is 1. The van der Waals surface area contributed by atoms with E-state index in [0.717, 1.165) is 38.8 Å². The van der Waals surface area contributed by atoms with Crippen molar-refractivity contribution in [1.82, 2.24) is 10.2 Å². The van der Waals surface area contributed by atoms with E-state index in [0.29, 0.717) is 12.1 Å². The maximum Gasteiger partial charge on any atom is 0.410 e. The molecule has 1 heterocycles. The van der Waals surface area contributed by atoms with Crippen LogP contribution in [0.15, 0.2) is 12.7 Å². The topological polar surface area (TPSA) is 41.6 Å². The molecule has 20 heavy (non-hydrogen) atoms. The third kappa shape index (κ3) is 6.42. The Morgan fingerprint density at radius 2 is 2.25 bits per heavy atom. The minimum absolute atomic E-state index is 0.192. The van der Waals surface area contributed by atoms with Gasteiger partial charge in [-0.15, -0.1) is 6.58 Å². The standard InChI is InChI=1S/C16H30N2O2/c1-6-7-9-13(2)17-14-10-8-11-18(12-14)15(19)20-16(3,4)5/h6,13-14,17H,1,7-12H2,2-5H3. The summed E-state index contributed by atoms with van der Waals surface area (Å²) in [6.07, 6.45) is 6.03. The van der Waals surface area contributed by atoms with Crippen LogP contribution in [0.2, 0.25) is 0 Å². The average molecular weight is 282 g/mol. The molecule has 116 valence electrons. The maximum atomic E-state index is 12.1. The molecule has 1 rings (SSSR count). The molecule has 0 bridgehead atoms. The van der Waals surface area contributed by atoms with Gasteiger partial charge in [0.1, 0.15) is 5.60 Å². The van der Waals surface area contributed by atoms with Crippen LogP contribution < -0.4 is 5.32 Å².